The van der Waals surface area contributed by atoms with Crippen molar-refractivity contribution in [1.29, 1.82) is 0 Å². The Labute approximate surface area is 198 Å². The van der Waals surface area contributed by atoms with Crippen LogP contribution in [0.4, 0.5) is 0 Å². The van der Waals surface area contributed by atoms with E-state index >= 15 is 0 Å². The van der Waals surface area contributed by atoms with Crippen LogP contribution in [0, 0.1) is 23.2 Å². The van der Waals surface area contributed by atoms with E-state index in [2.05, 4.69) is 90.1 Å². The Morgan fingerprint density at radius 1 is 1.19 bits per heavy atom. The second kappa shape index (κ2) is 10.4. The largest absolute Gasteiger partial charge is 0.345 e. The predicted octanol–water partition coefficient (Wildman–Crippen LogP) is 9.41. The lowest BCUT2D eigenvalue weighted by Crippen LogP contribution is -2.33. The SMILES string of the molecule is C=C(C)c1cccc2c1C=CN(C(C)C(C)CC)C2=C.CCCC1(CC)CC2CCC1C2. The van der Waals surface area contributed by atoms with E-state index in [4.69, 9.17) is 0 Å². The highest BCUT2D eigenvalue weighted by Crippen LogP contribution is 2.59. The van der Waals surface area contributed by atoms with Gasteiger partial charge in [0.1, 0.15) is 0 Å². The summed E-state index contributed by atoms with van der Waals surface area (Å²) in [5.74, 6) is 2.89. The molecule has 4 rings (SSSR count). The molecular weight excluding hydrogens is 386 g/mol. The lowest BCUT2D eigenvalue weighted by molar-refractivity contribution is 0.139. The summed E-state index contributed by atoms with van der Waals surface area (Å²) in [7, 11) is 0. The molecule has 32 heavy (non-hydrogen) atoms. The fraction of sp³-hybridized carbons (Fsp3) is 0.613. The molecule has 1 aromatic rings. The second-order valence-corrected chi connectivity index (χ2v) is 10.9. The van der Waals surface area contributed by atoms with Gasteiger partial charge in [0.2, 0.25) is 0 Å². The highest BCUT2D eigenvalue weighted by molar-refractivity contribution is 5.83. The molecule has 0 N–H and O–H groups in total. The fourth-order valence-electron chi connectivity index (χ4n) is 6.72. The molecule has 1 aliphatic heterocycles. The summed E-state index contributed by atoms with van der Waals surface area (Å²) >= 11 is 0. The third-order valence-electron chi connectivity index (χ3n) is 9.05. The van der Waals surface area contributed by atoms with Crippen molar-refractivity contribution < 1.29 is 0 Å². The van der Waals surface area contributed by atoms with E-state index in [1.807, 2.05) is 0 Å². The van der Waals surface area contributed by atoms with Gasteiger partial charge in [0.25, 0.3) is 0 Å². The molecule has 0 spiro atoms. The van der Waals surface area contributed by atoms with E-state index in [9.17, 15) is 0 Å². The fourth-order valence-corrected chi connectivity index (χ4v) is 6.72. The predicted molar refractivity (Wildman–Crippen MR) is 143 cm³/mol. The van der Waals surface area contributed by atoms with Gasteiger partial charge in [0.05, 0.1) is 0 Å². The van der Waals surface area contributed by atoms with E-state index in [1.165, 1.54) is 42.4 Å². The van der Waals surface area contributed by atoms with Gasteiger partial charge in [-0.15, -0.1) is 0 Å². The molecule has 1 heterocycles. The summed E-state index contributed by atoms with van der Waals surface area (Å²) < 4.78 is 0. The highest BCUT2D eigenvalue weighted by atomic mass is 15.2. The molecule has 1 aromatic carbocycles. The van der Waals surface area contributed by atoms with Crippen molar-refractivity contribution in [2.24, 2.45) is 23.2 Å². The van der Waals surface area contributed by atoms with Crippen LogP contribution in [0.1, 0.15) is 110 Å². The van der Waals surface area contributed by atoms with Crippen molar-refractivity contribution in [3.05, 3.63) is 54.2 Å². The first-order chi connectivity index (χ1) is 15.3. The monoisotopic (exact) mass is 433 g/mol. The highest BCUT2D eigenvalue weighted by Gasteiger charge is 2.48. The molecule has 2 fully saturated rings. The lowest BCUT2D eigenvalue weighted by atomic mass is 9.68. The molecule has 2 aliphatic carbocycles. The van der Waals surface area contributed by atoms with Crippen LogP contribution < -0.4 is 0 Å². The van der Waals surface area contributed by atoms with Gasteiger partial charge in [-0.05, 0) is 79.9 Å². The molecule has 0 radical (unpaired) electrons. The molecule has 3 aliphatic rings. The zero-order valence-corrected chi connectivity index (χ0v) is 21.7. The van der Waals surface area contributed by atoms with Gasteiger partial charge in [0, 0.05) is 23.5 Å². The van der Waals surface area contributed by atoms with E-state index < -0.39 is 0 Å². The number of nitrogens with zero attached hydrogens (tertiary/aromatic N) is 1. The molecule has 0 saturated heterocycles. The third kappa shape index (κ3) is 4.78. The van der Waals surface area contributed by atoms with Crippen molar-refractivity contribution >= 4 is 17.3 Å². The van der Waals surface area contributed by atoms with Crippen LogP contribution in [0.25, 0.3) is 17.3 Å². The van der Waals surface area contributed by atoms with Crippen molar-refractivity contribution in [3.8, 4) is 0 Å². The first-order valence-electron chi connectivity index (χ1n) is 13.2. The Morgan fingerprint density at radius 3 is 2.47 bits per heavy atom. The maximum atomic E-state index is 4.32. The summed E-state index contributed by atoms with van der Waals surface area (Å²) in [5.41, 5.74) is 6.69. The number of hydrogen-bond acceptors (Lipinski definition) is 1. The Morgan fingerprint density at radius 2 is 1.94 bits per heavy atom. The Hall–Kier alpha value is -1.76. The molecule has 0 aromatic heterocycles. The van der Waals surface area contributed by atoms with Gasteiger partial charge in [-0.3, -0.25) is 0 Å². The van der Waals surface area contributed by atoms with Crippen LogP contribution in [-0.2, 0) is 0 Å². The van der Waals surface area contributed by atoms with E-state index in [-0.39, 0.29) is 0 Å². The number of rotatable bonds is 7. The molecule has 0 amide bonds. The van der Waals surface area contributed by atoms with Crippen LogP contribution in [0.3, 0.4) is 0 Å². The van der Waals surface area contributed by atoms with Crippen LogP contribution in [-0.4, -0.2) is 10.9 Å². The van der Waals surface area contributed by atoms with Gasteiger partial charge in [-0.2, -0.15) is 0 Å². The number of hydrogen-bond donors (Lipinski definition) is 0. The number of allylic oxidation sites excluding steroid dienone is 1. The van der Waals surface area contributed by atoms with E-state index in [0.717, 1.165) is 28.5 Å². The average Bonchev–Trinajstić information content (AvgIpc) is 3.40. The minimum absolute atomic E-state index is 0.463. The van der Waals surface area contributed by atoms with Crippen LogP contribution in [0.2, 0.25) is 0 Å². The molecule has 176 valence electrons. The number of fused-ring (bicyclic) bond motifs is 3. The topological polar surface area (TPSA) is 3.24 Å². The standard InChI is InChI=1S/C19H25N.C12H22/c1-7-14(4)15(5)20-12-11-19-17(13(2)3)9-8-10-18(19)16(20)6;1-3-7-12(4-2)9-10-5-6-11(12)8-10/h8-12,14-15H,2,6-7H2,1,3-5H3;10-11H,3-9H2,1-2H3. The normalized spacial score (nSPS) is 27.6. The van der Waals surface area contributed by atoms with Crippen molar-refractivity contribution in [1.82, 2.24) is 4.90 Å². The first kappa shape index (κ1) is 24.9. The minimum atomic E-state index is 0.463. The molecule has 2 bridgehead atoms. The first-order valence-corrected chi connectivity index (χ1v) is 13.2. The molecular formula is C31H47N. The zero-order valence-electron chi connectivity index (χ0n) is 21.7. The minimum Gasteiger partial charge on any atom is -0.345 e. The summed E-state index contributed by atoms with van der Waals surface area (Å²) in [6, 6.07) is 6.85. The molecule has 1 heteroatoms. The summed E-state index contributed by atoms with van der Waals surface area (Å²) in [6.07, 6.45) is 16.2. The molecule has 5 unspecified atom stereocenters. The van der Waals surface area contributed by atoms with Gasteiger partial charge >= 0.3 is 0 Å². The van der Waals surface area contributed by atoms with Crippen molar-refractivity contribution in [3.63, 3.8) is 0 Å². The van der Waals surface area contributed by atoms with Crippen LogP contribution in [0.5, 0.6) is 0 Å². The Bertz CT molecular complexity index is 846. The number of benzene rings is 1. The average molecular weight is 434 g/mol. The van der Waals surface area contributed by atoms with Crippen LogP contribution in [0.15, 0.2) is 37.6 Å². The third-order valence-corrected chi connectivity index (χ3v) is 9.05. The Balaban J connectivity index is 0.000000204. The quantitative estimate of drug-likeness (QED) is 0.414. The van der Waals surface area contributed by atoms with Gasteiger partial charge < -0.3 is 4.90 Å². The van der Waals surface area contributed by atoms with E-state index in [0.29, 0.717) is 12.0 Å². The maximum absolute atomic E-state index is 4.32. The molecule has 1 nitrogen and oxygen atoms in total. The van der Waals surface area contributed by atoms with Gasteiger partial charge in [-0.25, -0.2) is 0 Å². The lowest BCUT2D eigenvalue weighted by Gasteiger charge is -2.37. The second-order valence-electron chi connectivity index (χ2n) is 10.9. The van der Waals surface area contributed by atoms with Gasteiger partial charge in [0.15, 0.2) is 0 Å². The molecule has 2 saturated carbocycles. The summed E-state index contributed by atoms with van der Waals surface area (Å²) in [4.78, 5) is 2.30. The molecule has 5 atom stereocenters. The zero-order chi connectivity index (χ0) is 23.5. The smallest absolute Gasteiger partial charge is 0.0415 e. The summed E-state index contributed by atoms with van der Waals surface area (Å²) in [5, 5.41) is 0. The Kier molecular flexibility index (Phi) is 8.12. The van der Waals surface area contributed by atoms with Gasteiger partial charge in [-0.1, -0.05) is 90.3 Å². The van der Waals surface area contributed by atoms with Crippen LogP contribution >= 0.6 is 0 Å². The summed E-state index contributed by atoms with van der Waals surface area (Å²) in [6.45, 7) is 22.0. The van der Waals surface area contributed by atoms with E-state index in [1.54, 1.807) is 25.7 Å². The van der Waals surface area contributed by atoms with Crippen molar-refractivity contribution in [2.75, 3.05) is 0 Å². The maximum Gasteiger partial charge on any atom is 0.0415 e. The van der Waals surface area contributed by atoms with Crippen molar-refractivity contribution in [2.45, 2.75) is 99.0 Å².